The number of hydrogen-bond acceptors (Lipinski definition) is 5. The van der Waals surface area contributed by atoms with E-state index in [1.54, 1.807) is 13.0 Å². The van der Waals surface area contributed by atoms with E-state index >= 15 is 0 Å². The average Bonchev–Trinajstić information content (AvgIpc) is 2.82. The summed E-state index contributed by atoms with van der Waals surface area (Å²) in [7, 11) is 0. The number of carbonyl (C=O) groups is 1. The summed E-state index contributed by atoms with van der Waals surface area (Å²) in [5, 5.41) is 19.3. The number of hydrogen-bond donors (Lipinski definition) is 3. The highest BCUT2D eigenvalue weighted by molar-refractivity contribution is 5.94. The van der Waals surface area contributed by atoms with Crippen LogP contribution in [-0.2, 0) is 0 Å². The lowest BCUT2D eigenvalue weighted by atomic mass is 10.0. The lowest BCUT2D eigenvalue weighted by Crippen LogP contribution is -2.33. The van der Waals surface area contributed by atoms with Crippen LogP contribution in [0, 0.1) is 12.8 Å². The van der Waals surface area contributed by atoms with Crippen molar-refractivity contribution in [2.45, 2.75) is 26.8 Å². The van der Waals surface area contributed by atoms with E-state index < -0.39 is 5.91 Å². The third kappa shape index (κ3) is 2.93. The minimum absolute atomic E-state index is 0.00888. The van der Waals surface area contributed by atoms with Gasteiger partial charge in [-0.1, -0.05) is 13.8 Å². The van der Waals surface area contributed by atoms with Crippen LogP contribution in [0.3, 0.4) is 0 Å². The molecule has 106 valence electrons. The summed E-state index contributed by atoms with van der Waals surface area (Å²) in [6.07, 6.45) is 1.45. The first-order chi connectivity index (χ1) is 9.49. The van der Waals surface area contributed by atoms with E-state index in [1.807, 2.05) is 13.8 Å². The van der Waals surface area contributed by atoms with Crippen LogP contribution >= 0.6 is 0 Å². The molecule has 3 N–H and O–H groups in total. The molecule has 2 aromatic rings. The minimum Gasteiger partial charge on any atom is -0.505 e. The van der Waals surface area contributed by atoms with Crippen LogP contribution in [0.5, 0.6) is 5.75 Å². The maximum atomic E-state index is 12.2. The van der Waals surface area contributed by atoms with Gasteiger partial charge in [0.25, 0.3) is 5.91 Å². The lowest BCUT2D eigenvalue weighted by molar-refractivity contribution is 0.0915. The highest BCUT2D eigenvalue weighted by atomic mass is 16.3. The number of aryl methyl sites for hydroxylation is 1. The minimum atomic E-state index is -0.454. The van der Waals surface area contributed by atoms with Crippen LogP contribution in [0.25, 0.3) is 0 Å². The predicted octanol–water partition coefficient (Wildman–Crippen LogP) is 1.34. The normalized spacial score (nSPS) is 12.4. The van der Waals surface area contributed by atoms with E-state index in [2.05, 4.69) is 25.5 Å². The van der Waals surface area contributed by atoms with E-state index in [-0.39, 0.29) is 23.4 Å². The van der Waals surface area contributed by atoms with Crippen molar-refractivity contribution < 1.29 is 9.90 Å². The number of nitrogens with one attached hydrogen (secondary N) is 2. The number of amides is 1. The van der Waals surface area contributed by atoms with E-state index in [0.29, 0.717) is 11.6 Å². The average molecular weight is 275 g/mol. The second-order valence-electron chi connectivity index (χ2n) is 4.85. The molecule has 0 bridgehead atoms. The molecule has 7 heteroatoms. The van der Waals surface area contributed by atoms with Crippen molar-refractivity contribution in [3.63, 3.8) is 0 Å². The number of aromatic amines is 1. The van der Waals surface area contributed by atoms with Crippen molar-refractivity contribution in [2.75, 3.05) is 0 Å². The van der Waals surface area contributed by atoms with E-state index in [9.17, 15) is 9.90 Å². The van der Waals surface area contributed by atoms with Crippen molar-refractivity contribution in [1.29, 1.82) is 0 Å². The highest BCUT2D eigenvalue weighted by Crippen LogP contribution is 2.20. The molecule has 0 aliphatic heterocycles. The maximum absolute atomic E-state index is 12.2. The van der Waals surface area contributed by atoms with Crippen LogP contribution in [0.1, 0.15) is 42.0 Å². The van der Waals surface area contributed by atoms with Gasteiger partial charge in [-0.2, -0.15) is 5.10 Å². The molecule has 2 aromatic heterocycles. The molecule has 0 saturated carbocycles. The number of H-pyrrole nitrogens is 1. The summed E-state index contributed by atoms with van der Waals surface area (Å²) in [4.78, 5) is 20.3. The molecule has 0 aliphatic rings. The molecule has 7 nitrogen and oxygen atoms in total. The van der Waals surface area contributed by atoms with Gasteiger partial charge >= 0.3 is 0 Å². The van der Waals surface area contributed by atoms with Crippen LogP contribution in [-0.4, -0.2) is 31.2 Å². The molecule has 2 heterocycles. The molecule has 0 saturated heterocycles. The van der Waals surface area contributed by atoms with Gasteiger partial charge < -0.3 is 10.4 Å². The van der Waals surface area contributed by atoms with Gasteiger partial charge in [-0.25, -0.2) is 9.97 Å². The third-order valence-electron chi connectivity index (χ3n) is 2.85. The van der Waals surface area contributed by atoms with Gasteiger partial charge in [0.1, 0.15) is 11.6 Å². The topological polar surface area (TPSA) is 104 Å². The molecule has 0 unspecified atom stereocenters. The van der Waals surface area contributed by atoms with Gasteiger partial charge in [0, 0.05) is 6.20 Å². The SMILES string of the molecule is Cc1nc([C@@H](NC(=O)c2ncccc2O)C(C)C)n[nH]1. The van der Waals surface area contributed by atoms with Crippen LogP contribution in [0.4, 0.5) is 0 Å². The molecule has 0 spiro atoms. The van der Waals surface area contributed by atoms with Crippen molar-refractivity contribution in [3.8, 4) is 5.75 Å². The molecule has 0 aliphatic carbocycles. The zero-order valence-electron chi connectivity index (χ0n) is 11.6. The fraction of sp³-hybridized carbons (Fsp3) is 0.385. The quantitative estimate of drug-likeness (QED) is 0.781. The first-order valence-corrected chi connectivity index (χ1v) is 6.32. The predicted molar refractivity (Wildman–Crippen MR) is 72.1 cm³/mol. The number of nitrogens with zero attached hydrogens (tertiary/aromatic N) is 3. The number of carbonyl (C=O) groups excluding carboxylic acids is 1. The summed E-state index contributed by atoms with van der Waals surface area (Å²) in [6, 6.07) is 2.63. The van der Waals surface area contributed by atoms with Gasteiger partial charge in [0.15, 0.2) is 11.5 Å². The number of aromatic hydroxyl groups is 1. The molecule has 0 radical (unpaired) electrons. The van der Waals surface area contributed by atoms with Crippen LogP contribution < -0.4 is 5.32 Å². The summed E-state index contributed by atoms with van der Waals surface area (Å²) in [5.41, 5.74) is -0.00888. The Morgan fingerprint density at radius 3 is 2.75 bits per heavy atom. The summed E-state index contributed by atoms with van der Waals surface area (Å²) in [5.74, 6) is 0.685. The Balaban J connectivity index is 2.21. The monoisotopic (exact) mass is 275 g/mol. The Morgan fingerprint density at radius 2 is 2.20 bits per heavy atom. The summed E-state index contributed by atoms with van der Waals surface area (Å²) < 4.78 is 0. The number of aromatic nitrogens is 4. The van der Waals surface area contributed by atoms with Gasteiger partial charge in [-0.3, -0.25) is 9.89 Å². The summed E-state index contributed by atoms with van der Waals surface area (Å²) in [6.45, 7) is 5.70. The smallest absolute Gasteiger partial charge is 0.274 e. The Morgan fingerprint density at radius 1 is 1.45 bits per heavy atom. The molecule has 2 rings (SSSR count). The van der Waals surface area contributed by atoms with Crippen LogP contribution in [0.15, 0.2) is 18.3 Å². The zero-order valence-corrected chi connectivity index (χ0v) is 11.6. The van der Waals surface area contributed by atoms with E-state index in [4.69, 9.17) is 0 Å². The molecule has 1 amide bonds. The van der Waals surface area contributed by atoms with Gasteiger partial charge in [0.05, 0.1) is 6.04 Å². The molecular formula is C13H17N5O2. The summed E-state index contributed by atoms with van der Waals surface area (Å²) >= 11 is 0. The van der Waals surface area contributed by atoms with Gasteiger partial charge in [0.2, 0.25) is 0 Å². The van der Waals surface area contributed by atoms with E-state index in [1.165, 1.54) is 12.3 Å². The molecule has 20 heavy (non-hydrogen) atoms. The third-order valence-corrected chi connectivity index (χ3v) is 2.85. The fourth-order valence-electron chi connectivity index (χ4n) is 1.81. The fourth-order valence-corrected chi connectivity index (χ4v) is 1.81. The number of rotatable bonds is 4. The second kappa shape index (κ2) is 5.68. The Labute approximate surface area is 116 Å². The number of pyridine rings is 1. The Hall–Kier alpha value is -2.44. The lowest BCUT2D eigenvalue weighted by Gasteiger charge is -2.19. The molecular weight excluding hydrogens is 258 g/mol. The Bertz CT molecular complexity index is 608. The van der Waals surface area contributed by atoms with Crippen LogP contribution in [0.2, 0.25) is 0 Å². The van der Waals surface area contributed by atoms with Crippen molar-refractivity contribution >= 4 is 5.91 Å². The largest absolute Gasteiger partial charge is 0.505 e. The van der Waals surface area contributed by atoms with Crippen molar-refractivity contribution in [3.05, 3.63) is 35.7 Å². The van der Waals surface area contributed by atoms with Gasteiger partial charge in [-0.15, -0.1) is 0 Å². The highest BCUT2D eigenvalue weighted by Gasteiger charge is 2.24. The van der Waals surface area contributed by atoms with Crippen molar-refractivity contribution in [2.24, 2.45) is 5.92 Å². The molecule has 0 fully saturated rings. The van der Waals surface area contributed by atoms with Gasteiger partial charge in [-0.05, 0) is 25.0 Å². The second-order valence-corrected chi connectivity index (χ2v) is 4.85. The van der Waals surface area contributed by atoms with Crippen molar-refractivity contribution in [1.82, 2.24) is 25.5 Å². The maximum Gasteiger partial charge on any atom is 0.274 e. The Kier molecular flexibility index (Phi) is 3.97. The zero-order chi connectivity index (χ0) is 14.7. The van der Waals surface area contributed by atoms with E-state index in [0.717, 1.165) is 0 Å². The first-order valence-electron chi connectivity index (χ1n) is 6.32. The molecule has 0 aromatic carbocycles. The first kappa shape index (κ1) is 14.0. The molecule has 1 atom stereocenters. The standard InChI is InChI=1S/C13H17N5O2/c1-7(2)10(12-15-8(3)17-18-12)16-13(20)11-9(19)5-4-6-14-11/h4-7,10,19H,1-3H3,(H,16,20)(H,15,17,18)/t10-/m0/s1.